The lowest BCUT2D eigenvalue weighted by Crippen LogP contribution is -2.01. The Labute approximate surface area is 97.0 Å². The maximum atomic E-state index is 6.01. The standard InChI is InChI=1S/C11H8ClN3O/c1-6-9-7(5-13-6)10(14-15-11(9)12)8-3-2-4-16-8/h2-4H,5H2,1H3. The summed E-state index contributed by atoms with van der Waals surface area (Å²) in [6.07, 6.45) is 1.61. The van der Waals surface area contributed by atoms with Crippen molar-refractivity contribution >= 4 is 17.3 Å². The van der Waals surface area contributed by atoms with E-state index in [1.54, 1.807) is 6.26 Å². The van der Waals surface area contributed by atoms with Gasteiger partial charge in [-0.05, 0) is 19.1 Å². The number of aliphatic imine (C=N–C) groups is 1. The smallest absolute Gasteiger partial charge is 0.161 e. The van der Waals surface area contributed by atoms with Gasteiger partial charge in [0.15, 0.2) is 10.9 Å². The Kier molecular flexibility index (Phi) is 2.04. The summed E-state index contributed by atoms with van der Waals surface area (Å²) in [6, 6.07) is 3.67. The van der Waals surface area contributed by atoms with E-state index < -0.39 is 0 Å². The predicted molar refractivity (Wildman–Crippen MR) is 60.7 cm³/mol. The molecule has 80 valence electrons. The number of furan rings is 1. The van der Waals surface area contributed by atoms with Gasteiger partial charge in [-0.2, -0.15) is 0 Å². The summed E-state index contributed by atoms with van der Waals surface area (Å²) >= 11 is 6.01. The van der Waals surface area contributed by atoms with Gasteiger partial charge in [-0.1, -0.05) is 11.6 Å². The molecule has 0 fully saturated rings. The molecule has 0 N–H and O–H groups in total. The Morgan fingerprint density at radius 2 is 2.25 bits per heavy atom. The lowest BCUT2D eigenvalue weighted by Gasteiger charge is -2.04. The monoisotopic (exact) mass is 233 g/mol. The molecule has 0 bridgehead atoms. The summed E-state index contributed by atoms with van der Waals surface area (Å²) in [5, 5.41) is 8.42. The van der Waals surface area contributed by atoms with Crippen molar-refractivity contribution in [3.63, 3.8) is 0 Å². The van der Waals surface area contributed by atoms with Crippen molar-refractivity contribution in [2.75, 3.05) is 0 Å². The molecule has 0 radical (unpaired) electrons. The molecule has 0 atom stereocenters. The topological polar surface area (TPSA) is 51.3 Å². The molecule has 2 aromatic heterocycles. The normalized spacial score (nSPS) is 13.8. The summed E-state index contributed by atoms with van der Waals surface area (Å²) in [5.41, 5.74) is 3.52. The predicted octanol–water partition coefficient (Wildman–Crippen LogP) is 2.71. The zero-order chi connectivity index (χ0) is 11.1. The van der Waals surface area contributed by atoms with Crippen molar-refractivity contribution in [3.05, 3.63) is 34.7 Å². The molecule has 1 aliphatic rings. The highest BCUT2D eigenvalue weighted by Gasteiger charge is 2.23. The molecule has 4 nitrogen and oxygen atoms in total. The molecule has 0 aliphatic carbocycles. The highest BCUT2D eigenvalue weighted by Crippen LogP contribution is 2.31. The second-order valence-electron chi connectivity index (χ2n) is 3.57. The van der Waals surface area contributed by atoms with Gasteiger partial charge < -0.3 is 4.42 Å². The first kappa shape index (κ1) is 9.54. The first-order valence-corrected chi connectivity index (χ1v) is 5.25. The second kappa shape index (κ2) is 3.42. The van der Waals surface area contributed by atoms with E-state index in [1.807, 2.05) is 19.1 Å². The molecule has 0 saturated carbocycles. The Bertz CT molecular complexity index is 575. The van der Waals surface area contributed by atoms with Gasteiger partial charge in [-0.15, -0.1) is 10.2 Å². The van der Waals surface area contributed by atoms with Crippen molar-refractivity contribution in [2.24, 2.45) is 4.99 Å². The van der Waals surface area contributed by atoms with Crippen molar-refractivity contribution in [2.45, 2.75) is 13.5 Å². The molecule has 0 unspecified atom stereocenters. The van der Waals surface area contributed by atoms with Crippen LogP contribution in [-0.2, 0) is 6.54 Å². The van der Waals surface area contributed by atoms with Crippen LogP contribution in [0.15, 0.2) is 27.8 Å². The summed E-state index contributed by atoms with van der Waals surface area (Å²) < 4.78 is 5.32. The average molecular weight is 234 g/mol. The second-order valence-corrected chi connectivity index (χ2v) is 3.93. The first-order valence-electron chi connectivity index (χ1n) is 4.87. The third-order valence-corrected chi connectivity index (χ3v) is 2.89. The molecule has 0 amide bonds. The fraction of sp³-hybridized carbons (Fsp3) is 0.182. The van der Waals surface area contributed by atoms with E-state index in [1.165, 1.54) is 0 Å². The number of hydrogen-bond donors (Lipinski definition) is 0. The highest BCUT2D eigenvalue weighted by atomic mass is 35.5. The molecule has 0 aromatic carbocycles. The highest BCUT2D eigenvalue weighted by molar-refractivity contribution is 6.33. The lowest BCUT2D eigenvalue weighted by molar-refractivity contribution is 0.578. The number of halogens is 1. The molecule has 3 heterocycles. The largest absolute Gasteiger partial charge is 0.463 e. The number of rotatable bonds is 1. The maximum absolute atomic E-state index is 6.01. The molecule has 0 spiro atoms. The van der Waals surface area contributed by atoms with Crippen molar-refractivity contribution in [3.8, 4) is 11.5 Å². The third-order valence-electron chi connectivity index (χ3n) is 2.62. The van der Waals surface area contributed by atoms with Crippen LogP contribution in [0.25, 0.3) is 11.5 Å². The first-order chi connectivity index (χ1) is 7.77. The molecular formula is C11H8ClN3O. The van der Waals surface area contributed by atoms with E-state index in [4.69, 9.17) is 16.0 Å². The van der Waals surface area contributed by atoms with Gasteiger partial charge in [0.1, 0.15) is 5.69 Å². The lowest BCUT2D eigenvalue weighted by atomic mass is 10.1. The zero-order valence-corrected chi connectivity index (χ0v) is 9.32. The Morgan fingerprint density at radius 1 is 1.38 bits per heavy atom. The fourth-order valence-electron chi connectivity index (χ4n) is 1.86. The maximum Gasteiger partial charge on any atom is 0.161 e. The van der Waals surface area contributed by atoms with E-state index in [0.29, 0.717) is 17.5 Å². The van der Waals surface area contributed by atoms with Crippen LogP contribution in [0.4, 0.5) is 0 Å². The van der Waals surface area contributed by atoms with Gasteiger partial charge in [-0.25, -0.2) is 0 Å². The summed E-state index contributed by atoms with van der Waals surface area (Å²) in [7, 11) is 0. The summed E-state index contributed by atoms with van der Waals surface area (Å²) in [6.45, 7) is 2.51. The van der Waals surface area contributed by atoms with Gasteiger partial charge in [0, 0.05) is 16.8 Å². The Morgan fingerprint density at radius 3 is 3.00 bits per heavy atom. The van der Waals surface area contributed by atoms with Gasteiger partial charge >= 0.3 is 0 Å². The molecule has 0 saturated heterocycles. The Balaban J connectivity index is 2.25. The summed E-state index contributed by atoms with van der Waals surface area (Å²) in [5.74, 6) is 0.699. The third kappa shape index (κ3) is 1.27. The van der Waals surface area contributed by atoms with Crippen LogP contribution >= 0.6 is 11.6 Å². The summed E-state index contributed by atoms with van der Waals surface area (Å²) in [4.78, 5) is 4.35. The van der Waals surface area contributed by atoms with Crippen LogP contribution in [0.1, 0.15) is 18.1 Å². The molecule has 1 aliphatic heterocycles. The molecule has 2 aromatic rings. The molecule has 3 rings (SSSR count). The zero-order valence-electron chi connectivity index (χ0n) is 8.57. The van der Waals surface area contributed by atoms with E-state index in [-0.39, 0.29) is 0 Å². The van der Waals surface area contributed by atoms with Gasteiger partial charge in [0.25, 0.3) is 0 Å². The van der Waals surface area contributed by atoms with E-state index in [2.05, 4.69) is 15.2 Å². The number of hydrogen-bond acceptors (Lipinski definition) is 4. The van der Waals surface area contributed by atoms with Crippen LogP contribution in [0.3, 0.4) is 0 Å². The SMILES string of the molecule is CC1=NCc2c(-c3ccco3)nnc(Cl)c21. The van der Waals surface area contributed by atoms with Crippen LogP contribution in [0.5, 0.6) is 0 Å². The van der Waals surface area contributed by atoms with E-state index in [9.17, 15) is 0 Å². The van der Waals surface area contributed by atoms with Crippen LogP contribution in [0.2, 0.25) is 5.15 Å². The van der Waals surface area contributed by atoms with Crippen molar-refractivity contribution < 1.29 is 4.42 Å². The van der Waals surface area contributed by atoms with Crippen LogP contribution in [-0.4, -0.2) is 15.9 Å². The van der Waals surface area contributed by atoms with E-state index >= 15 is 0 Å². The minimum absolute atomic E-state index is 0.407. The number of aromatic nitrogens is 2. The fourth-order valence-corrected chi connectivity index (χ4v) is 2.15. The van der Waals surface area contributed by atoms with Crippen molar-refractivity contribution in [1.29, 1.82) is 0 Å². The van der Waals surface area contributed by atoms with Gasteiger partial charge in [0.2, 0.25) is 0 Å². The van der Waals surface area contributed by atoms with Gasteiger partial charge in [0.05, 0.1) is 12.8 Å². The van der Waals surface area contributed by atoms with Crippen molar-refractivity contribution in [1.82, 2.24) is 10.2 Å². The molecule has 16 heavy (non-hydrogen) atoms. The van der Waals surface area contributed by atoms with Crippen LogP contribution in [0, 0.1) is 0 Å². The number of nitrogens with zero attached hydrogens (tertiary/aromatic N) is 3. The average Bonchev–Trinajstić information content (AvgIpc) is 2.89. The minimum Gasteiger partial charge on any atom is -0.463 e. The number of fused-ring (bicyclic) bond motifs is 1. The Hall–Kier alpha value is -1.68. The van der Waals surface area contributed by atoms with Gasteiger partial charge in [-0.3, -0.25) is 4.99 Å². The van der Waals surface area contributed by atoms with Crippen LogP contribution < -0.4 is 0 Å². The molecule has 5 heteroatoms. The molecular weight excluding hydrogens is 226 g/mol. The quantitative estimate of drug-likeness (QED) is 0.761. The minimum atomic E-state index is 0.407. The van der Waals surface area contributed by atoms with E-state index in [0.717, 1.165) is 22.5 Å².